The second-order valence-corrected chi connectivity index (χ2v) is 4.74. The maximum atomic E-state index is 11.8. The van der Waals surface area contributed by atoms with Crippen molar-refractivity contribution in [3.8, 4) is 0 Å². The SMILES string of the molecule is CC(O)c1cccnc1N1CC(=O)Nc2ccccc21. The summed E-state index contributed by atoms with van der Waals surface area (Å²) in [6.07, 6.45) is 1.02. The van der Waals surface area contributed by atoms with Gasteiger partial charge in [-0.25, -0.2) is 4.98 Å². The lowest BCUT2D eigenvalue weighted by Crippen LogP contribution is -2.36. The van der Waals surface area contributed by atoms with Gasteiger partial charge in [0.25, 0.3) is 0 Å². The highest BCUT2D eigenvalue weighted by Crippen LogP contribution is 2.36. The van der Waals surface area contributed by atoms with E-state index in [0.29, 0.717) is 11.4 Å². The Labute approximate surface area is 116 Å². The van der Waals surface area contributed by atoms with E-state index in [2.05, 4.69) is 10.3 Å². The Balaban J connectivity index is 2.13. The van der Waals surface area contributed by atoms with E-state index in [1.54, 1.807) is 19.2 Å². The van der Waals surface area contributed by atoms with Crippen LogP contribution in [0.2, 0.25) is 0 Å². The summed E-state index contributed by atoms with van der Waals surface area (Å²) >= 11 is 0. The van der Waals surface area contributed by atoms with Gasteiger partial charge in [-0.05, 0) is 25.1 Å². The number of aromatic nitrogens is 1. The van der Waals surface area contributed by atoms with Gasteiger partial charge in [0, 0.05) is 11.8 Å². The zero-order chi connectivity index (χ0) is 14.1. The third-order valence-corrected chi connectivity index (χ3v) is 3.29. The molecule has 2 aromatic rings. The smallest absolute Gasteiger partial charge is 0.244 e. The van der Waals surface area contributed by atoms with Crippen molar-refractivity contribution in [2.24, 2.45) is 0 Å². The average molecular weight is 269 g/mol. The lowest BCUT2D eigenvalue weighted by atomic mass is 10.1. The first-order valence-electron chi connectivity index (χ1n) is 6.46. The van der Waals surface area contributed by atoms with Crippen LogP contribution in [0, 0.1) is 0 Å². The van der Waals surface area contributed by atoms with Crippen molar-refractivity contribution in [1.82, 2.24) is 4.98 Å². The fraction of sp³-hybridized carbons (Fsp3) is 0.200. The third-order valence-electron chi connectivity index (χ3n) is 3.29. The summed E-state index contributed by atoms with van der Waals surface area (Å²) in [5.41, 5.74) is 2.34. The zero-order valence-electron chi connectivity index (χ0n) is 11.1. The number of para-hydroxylation sites is 2. The van der Waals surface area contributed by atoms with Crippen LogP contribution in [0.5, 0.6) is 0 Å². The van der Waals surface area contributed by atoms with Crippen LogP contribution in [-0.4, -0.2) is 22.5 Å². The largest absolute Gasteiger partial charge is 0.389 e. The van der Waals surface area contributed by atoms with E-state index in [1.807, 2.05) is 35.2 Å². The van der Waals surface area contributed by atoms with Gasteiger partial charge in [-0.3, -0.25) is 4.79 Å². The van der Waals surface area contributed by atoms with Gasteiger partial charge in [0.05, 0.1) is 17.5 Å². The molecule has 3 rings (SSSR count). The van der Waals surface area contributed by atoms with Gasteiger partial charge >= 0.3 is 0 Å². The Kier molecular flexibility index (Phi) is 3.12. The number of fused-ring (bicyclic) bond motifs is 1. The van der Waals surface area contributed by atoms with E-state index in [1.165, 1.54) is 0 Å². The molecule has 102 valence electrons. The first kappa shape index (κ1) is 12.6. The molecule has 5 heteroatoms. The normalized spacial score (nSPS) is 15.5. The molecule has 1 aromatic carbocycles. The summed E-state index contributed by atoms with van der Waals surface area (Å²) in [6, 6.07) is 11.2. The molecule has 5 nitrogen and oxygen atoms in total. The highest BCUT2D eigenvalue weighted by Gasteiger charge is 2.26. The predicted octanol–water partition coefficient (Wildman–Crippen LogP) is 2.23. The molecule has 0 aliphatic carbocycles. The number of nitrogens with one attached hydrogen (secondary N) is 1. The molecule has 20 heavy (non-hydrogen) atoms. The molecule has 2 N–H and O–H groups in total. The first-order valence-corrected chi connectivity index (χ1v) is 6.46. The molecule has 1 aliphatic heterocycles. The number of carbonyl (C=O) groups excluding carboxylic acids is 1. The van der Waals surface area contributed by atoms with Gasteiger partial charge in [-0.1, -0.05) is 18.2 Å². The molecular formula is C15H15N3O2. The minimum Gasteiger partial charge on any atom is -0.389 e. The van der Waals surface area contributed by atoms with Gasteiger partial charge < -0.3 is 15.3 Å². The lowest BCUT2D eigenvalue weighted by molar-refractivity contribution is -0.115. The monoisotopic (exact) mass is 269 g/mol. The van der Waals surface area contributed by atoms with Crippen LogP contribution in [0.4, 0.5) is 17.2 Å². The molecule has 2 heterocycles. The standard InChI is InChI=1S/C15H15N3O2/c1-10(19)11-5-4-8-16-15(11)18-9-14(20)17-12-6-2-3-7-13(12)18/h2-8,10,19H,9H2,1H3,(H,17,20). The molecule has 0 fully saturated rings. The quantitative estimate of drug-likeness (QED) is 0.877. The van der Waals surface area contributed by atoms with Crippen molar-refractivity contribution in [3.05, 3.63) is 48.2 Å². The van der Waals surface area contributed by atoms with E-state index >= 15 is 0 Å². The van der Waals surface area contributed by atoms with Gasteiger partial charge in [0.15, 0.2) is 0 Å². The number of amides is 1. The van der Waals surface area contributed by atoms with Crippen molar-refractivity contribution in [1.29, 1.82) is 0 Å². The van der Waals surface area contributed by atoms with Gasteiger partial charge in [-0.2, -0.15) is 0 Å². The number of anilines is 3. The molecular weight excluding hydrogens is 254 g/mol. The van der Waals surface area contributed by atoms with Crippen LogP contribution in [0.15, 0.2) is 42.6 Å². The fourth-order valence-electron chi connectivity index (χ4n) is 2.38. The van der Waals surface area contributed by atoms with Crippen LogP contribution < -0.4 is 10.2 Å². The fourth-order valence-corrected chi connectivity index (χ4v) is 2.38. The van der Waals surface area contributed by atoms with Gasteiger partial charge in [0.2, 0.25) is 5.91 Å². The highest BCUT2D eigenvalue weighted by atomic mass is 16.3. The maximum absolute atomic E-state index is 11.8. The second-order valence-electron chi connectivity index (χ2n) is 4.74. The highest BCUT2D eigenvalue weighted by molar-refractivity contribution is 6.03. The van der Waals surface area contributed by atoms with Crippen molar-refractivity contribution in [3.63, 3.8) is 0 Å². The Morgan fingerprint density at radius 2 is 2.10 bits per heavy atom. The summed E-state index contributed by atoms with van der Waals surface area (Å²) in [4.78, 5) is 18.0. The summed E-state index contributed by atoms with van der Waals surface area (Å²) in [5, 5.41) is 12.7. The molecule has 0 radical (unpaired) electrons. The molecule has 1 aromatic heterocycles. The molecule has 1 aliphatic rings. The molecule has 1 atom stereocenters. The Bertz CT molecular complexity index is 655. The molecule has 0 bridgehead atoms. The summed E-state index contributed by atoms with van der Waals surface area (Å²) in [7, 11) is 0. The summed E-state index contributed by atoms with van der Waals surface area (Å²) < 4.78 is 0. The van der Waals surface area contributed by atoms with Crippen molar-refractivity contribution < 1.29 is 9.90 Å². The average Bonchev–Trinajstić information content (AvgIpc) is 2.46. The summed E-state index contributed by atoms with van der Waals surface area (Å²) in [6.45, 7) is 1.88. The molecule has 0 saturated carbocycles. The van der Waals surface area contributed by atoms with Crippen LogP contribution in [-0.2, 0) is 4.79 Å². The Hall–Kier alpha value is -2.40. The topological polar surface area (TPSA) is 65.5 Å². The van der Waals surface area contributed by atoms with Crippen LogP contribution in [0.1, 0.15) is 18.6 Å². The third kappa shape index (κ3) is 2.12. The van der Waals surface area contributed by atoms with E-state index in [-0.39, 0.29) is 12.5 Å². The van der Waals surface area contributed by atoms with Crippen LogP contribution in [0.3, 0.4) is 0 Å². The Morgan fingerprint density at radius 1 is 1.30 bits per heavy atom. The number of aliphatic hydroxyl groups is 1. The van der Waals surface area contributed by atoms with Gasteiger partial charge in [0.1, 0.15) is 12.4 Å². The molecule has 1 unspecified atom stereocenters. The lowest BCUT2D eigenvalue weighted by Gasteiger charge is -2.31. The predicted molar refractivity (Wildman–Crippen MR) is 76.9 cm³/mol. The second kappa shape index (κ2) is 4.94. The number of rotatable bonds is 2. The summed E-state index contributed by atoms with van der Waals surface area (Å²) in [5.74, 6) is 0.524. The number of carbonyl (C=O) groups is 1. The van der Waals surface area contributed by atoms with Crippen molar-refractivity contribution in [2.45, 2.75) is 13.0 Å². The van der Waals surface area contributed by atoms with E-state index in [0.717, 1.165) is 11.4 Å². The minimum atomic E-state index is -0.643. The van der Waals surface area contributed by atoms with Crippen molar-refractivity contribution in [2.75, 3.05) is 16.8 Å². The van der Waals surface area contributed by atoms with Crippen LogP contribution >= 0.6 is 0 Å². The van der Waals surface area contributed by atoms with Crippen molar-refractivity contribution >= 4 is 23.1 Å². The number of hydrogen-bond acceptors (Lipinski definition) is 4. The number of hydrogen-bond donors (Lipinski definition) is 2. The van der Waals surface area contributed by atoms with E-state index in [9.17, 15) is 9.90 Å². The Morgan fingerprint density at radius 3 is 2.90 bits per heavy atom. The molecule has 1 amide bonds. The number of benzene rings is 1. The number of aliphatic hydroxyl groups excluding tert-OH is 1. The maximum Gasteiger partial charge on any atom is 0.244 e. The zero-order valence-corrected chi connectivity index (χ0v) is 11.1. The number of pyridine rings is 1. The first-order chi connectivity index (χ1) is 9.66. The van der Waals surface area contributed by atoms with Crippen LogP contribution in [0.25, 0.3) is 0 Å². The minimum absolute atomic E-state index is 0.0918. The molecule has 0 saturated heterocycles. The van der Waals surface area contributed by atoms with Gasteiger partial charge in [-0.15, -0.1) is 0 Å². The number of nitrogens with zero attached hydrogens (tertiary/aromatic N) is 2. The van der Waals surface area contributed by atoms with E-state index in [4.69, 9.17) is 0 Å². The van der Waals surface area contributed by atoms with E-state index < -0.39 is 6.10 Å². The molecule has 0 spiro atoms.